The first-order valence-electron chi connectivity index (χ1n) is 9.23. The molecule has 0 bridgehead atoms. The highest BCUT2D eigenvalue weighted by molar-refractivity contribution is 5.92. The number of aryl methyl sites for hydroxylation is 1. The van der Waals surface area contributed by atoms with Gasteiger partial charge in [0.05, 0.1) is 19.8 Å². The molecule has 2 aromatic rings. The quantitative estimate of drug-likeness (QED) is 0.860. The number of hydrogen-bond donors (Lipinski definition) is 2. The Labute approximate surface area is 153 Å². The average Bonchev–Trinajstić information content (AvgIpc) is 3.38. The number of ether oxygens (including phenoxy) is 1. The van der Waals surface area contributed by atoms with Gasteiger partial charge in [-0.2, -0.15) is 5.10 Å². The van der Waals surface area contributed by atoms with Crippen molar-refractivity contribution in [2.45, 2.75) is 37.7 Å². The van der Waals surface area contributed by atoms with Crippen molar-refractivity contribution in [2.75, 3.05) is 26.3 Å². The molecule has 2 fully saturated rings. The summed E-state index contributed by atoms with van der Waals surface area (Å²) in [7, 11) is 0. The predicted molar refractivity (Wildman–Crippen MR) is 97.1 cm³/mol. The van der Waals surface area contributed by atoms with Crippen LogP contribution in [0, 0.1) is 6.92 Å². The van der Waals surface area contributed by atoms with Gasteiger partial charge in [0.1, 0.15) is 11.3 Å². The zero-order valence-corrected chi connectivity index (χ0v) is 15.1. The van der Waals surface area contributed by atoms with Crippen molar-refractivity contribution < 1.29 is 14.6 Å². The molecule has 2 aliphatic rings. The van der Waals surface area contributed by atoms with E-state index in [0.717, 1.165) is 24.1 Å². The first-order chi connectivity index (χ1) is 12.6. The van der Waals surface area contributed by atoms with E-state index in [1.807, 2.05) is 31.2 Å². The van der Waals surface area contributed by atoms with Crippen molar-refractivity contribution in [3.05, 3.63) is 52.8 Å². The van der Waals surface area contributed by atoms with E-state index in [-0.39, 0.29) is 12.5 Å². The Bertz CT molecular complexity index is 799. The summed E-state index contributed by atoms with van der Waals surface area (Å²) < 4.78 is 5.96. The van der Waals surface area contributed by atoms with Crippen molar-refractivity contribution in [3.63, 3.8) is 0 Å². The lowest BCUT2D eigenvalue weighted by atomic mass is 9.92. The molecule has 1 aromatic heterocycles. The molecule has 138 valence electrons. The molecule has 2 heterocycles. The van der Waals surface area contributed by atoms with E-state index in [2.05, 4.69) is 16.3 Å². The van der Waals surface area contributed by atoms with Crippen molar-refractivity contribution in [1.82, 2.24) is 15.1 Å². The highest BCUT2D eigenvalue weighted by Gasteiger charge is 2.39. The molecule has 1 saturated heterocycles. The Kier molecular flexibility index (Phi) is 4.54. The topological polar surface area (TPSA) is 78.5 Å². The maximum atomic E-state index is 12.9. The molecule has 4 rings (SSSR count). The van der Waals surface area contributed by atoms with E-state index < -0.39 is 5.60 Å². The largest absolute Gasteiger partial charge is 0.393 e. The van der Waals surface area contributed by atoms with Gasteiger partial charge in [-0.1, -0.05) is 29.8 Å². The number of nitrogens with zero attached hydrogens (tertiary/aromatic N) is 2. The zero-order chi connectivity index (χ0) is 18.1. The van der Waals surface area contributed by atoms with Crippen LogP contribution in [-0.2, 0) is 11.2 Å². The van der Waals surface area contributed by atoms with E-state index in [4.69, 9.17) is 4.74 Å². The number of rotatable bonds is 5. The minimum absolute atomic E-state index is 0.0986. The third kappa shape index (κ3) is 3.52. The molecule has 1 aliphatic carbocycles. The molecule has 1 aliphatic heterocycles. The monoisotopic (exact) mass is 355 g/mol. The van der Waals surface area contributed by atoms with E-state index >= 15 is 0 Å². The molecular weight excluding hydrogens is 330 g/mol. The normalized spacial score (nSPS) is 23.2. The van der Waals surface area contributed by atoms with Gasteiger partial charge in [-0.3, -0.25) is 9.89 Å². The van der Waals surface area contributed by atoms with Gasteiger partial charge in [0.15, 0.2) is 0 Å². The highest BCUT2D eigenvalue weighted by atomic mass is 16.5. The number of morpholine rings is 1. The first kappa shape index (κ1) is 17.2. The summed E-state index contributed by atoms with van der Waals surface area (Å²) in [6.45, 7) is 3.21. The van der Waals surface area contributed by atoms with Crippen LogP contribution in [-0.4, -0.2) is 58.0 Å². The number of aliphatic hydroxyl groups is 1. The Hall–Kier alpha value is -2.18. The van der Waals surface area contributed by atoms with E-state index in [1.54, 1.807) is 4.90 Å². The Morgan fingerprint density at radius 1 is 1.42 bits per heavy atom. The molecule has 2 N–H and O–H groups in total. The second-order valence-electron chi connectivity index (χ2n) is 7.56. The van der Waals surface area contributed by atoms with Crippen LogP contribution in [0.1, 0.15) is 46.1 Å². The van der Waals surface area contributed by atoms with Crippen LogP contribution < -0.4 is 0 Å². The molecule has 0 radical (unpaired) electrons. The van der Waals surface area contributed by atoms with Crippen LogP contribution in [0.3, 0.4) is 0 Å². The zero-order valence-electron chi connectivity index (χ0n) is 15.1. The van der Waals surface area contributed by atoms with Gasteiger partial charge in [-0.15, -0.1) is 0 Å². The number of nitrogens with one attached hydrogen (secondary N) is 1. The molecule has 1 amide bonds. The standard InChI is InChI=1S/C20H25N3O3/c1-14-3-2-4-15(9-14)11-20(13-24)12-23(7-8-26-20)19(25)18-10-17(21-22-18)16-5-6-16/h2-4,9-10,16,24H,5-8,11-13H2,1H3,(H,21,22). The van der Waals surface area contributed by atoms with Crippen LogP contribution in [0.2, 0.25) is 0 Å². The van der Waals surface area contributed by atoms with Gasteiger partial charge < -0.3 is 14.7 Å². The van der Waals surface area contributed by atoms with Gasteiger partial charge in [-0.05, 0) is 31.4 Å². The minimum atomic E-state index is -0.767. The van der Waals surface area contributed by atoms with Crippen LogP contribution in [0.15, 0.2) is 30.3 Å². The molecule has 1 unspecified atom stereocenters. The van der Waals surface area contributed by atoms with Gasteiger partial charge >= 0.3 is 0 Å². The van der Waals surface area contributed by atoms with Crippen LogP contribution in [0.5, 0.6) is 0 Å². The summed E-state index contributed by atoms with van der Waals surface area (Å²) in [6, 6.07) is 10.0. The highest BCUT2D eigenvalue weighted by Crippen LogP contribution is 2.39. The molecule has 1 aromatic carbocycles. The second kappa shape index (κ2) is 6.85. The smallest absolute Gasteiger partial charge is 0.274 e. The number of aromatic amines is 1. The number of H-pyrrole nitrogens is 1. The maximum Gasteiger partial charge on any atom is 0.274 e. The fraction of sp³-hybridized carbons (Fsp3) is 0.500. The van der Waals surface area contributed by atoms with Crippen molar-refractivity contribution >= 4 is 5.91 Å². The van der Waals surface area contributed by atoms with Crippen molar-refractivity contribution in [2.24, 2.45) is 0 Å². The maximum absolute atomic E-state index is 12.9. The number of carbonyl (C=O) groups is 1. The van der Waals surface area contributed by atoms with Crippen LogP contribution in [0.4, 0.5) is 0 Å². The lowest BCUT2D eigenvalue weighted by Gasteiger charge is -2.41. The molecule has 1 saturated carbocycles. The number of carbonyl (C=O) groups excluding carboxylic acids is 1. The number of aromatic nitrogens is 2. The summed E-state index contributed by atoms with van der Waals surface area (Å²) in [4.78, 5) is 14.6. The third-order valence-electron chi connectivity index (χ3n) is 5.27. The van der Waals surface area contributed by atoms with Crippen molar-refractivity contribution in [1.29, 1.82) is 0 Å². The lowest BCUT2D eigenvalue weighted by molar-refractivity contribution is -0.123. The second-order valence-corrected chi connectivity index (χ2v) is 7.56. The summed E-state index contributed by atoms with van der Waals surface area (Å²) in [5.41, 5.74) is 3.01. The van der Waals surface area contributed by atoms with Gasteiger partial charge in [0.25, 0.3) is 5.91 Å². The summed E-state index contributed by atoms with van der Waals surface area (Å²) in [5, 5.41) is 17.2. The van der Waals surface area contributed by atoms with Gasteiger partial charge in [0, 0.05) is 24.6 Å². The predicted octanol–water partition coefficient (Wildman–Crippen LogP) is 2.04. The summed E-state index contributed by atoms with van der Waals surface area (Å²) in [6.07, 6.45) is 2.90. The SMILES string of the molecule is Cc1cccc(CC2(CO)CN(C(=O)c3cc(C4CC4)[nH]n3)CCO2)c1. The van der Waals surface area contributed by atoms with Gasteiger partial charge in [0.2, 0.25) is 0 Å². The number of benzene rings is 1. The first-order valence-corrected chi connectivity index (χ1v) is 9.23. The fourth-order valence-corrected chi connectivity index (χ4v) is 3.68. The molecule has 26 heavy (non-hydrogen) atoms. The molecule has 6 heteroatoms. The van der Waals surface area contributed by atoms with Crippen LogP contribution >= 0.6 is 0 Å². The third-order valence-corrected chi connectivity index (χ3v) is 5.27. The fourth-order valence-electron chi connectivity index (χ4n) is 3.68. The van der Waals surface area contributed by atoms with E-state index in [9.17, 15) is 9.90 Å². The summed E-state index contributed by atoms with van der Waals surface area (Å²) >= 11 is 0. The van der Waals surface area contributed by atoms with Crippen LogP contribution in [0.25, 0.3) is 0 Å². The minimum Gasteiger partial charge on any atom is -0.393 e. The van der Waals surface area contributed by atoms with E-state index in [0.29, 0.717) is 37.7 Å². The Morgan fingerprint density at radius 2 is 2.27 bits per heavy atom. The number of amides is 1. The summed E-state index contributed by atoms with van der Waals surface area (Å²) in [5.74, 6) is 0.435. The molecule has 0 spiro atoms. The molecular formula is C20H25N3O3. The number of hydrogen-bond acceptors (Lipinski definition) is 4. The Balaban J connectivity index is 1.49. The van der Waals surface area contributed by atoms with Gasteiger partial charge in [-0.25, -0.2) is 0 Å². The average molecular weight is 355 g/mol. The molecule has 6 nitrogen and oxygen atoms in total. The van der Waals surface area contributed by atoms with E-state index in [1.165, 1.54) is 5.56 Å². The molecule has 1 atom stereocenters. The van der Waals surface area contributed by atoms with Crippen molar-refractivity contribution in [3.8, 4) is 0 Å². The number of aliphatic hydroxyl groups excluding tert-OH is 1. The Morgan fingerprint density at radius 3 is 3.00 bits per heavy atom. The lowest BCUT2D eigenvalue weighted by Crippen LogP contribution is -2.56.